The molecule has 0 spiro atoms. The highest BCUT2D eigenvalue weighted by atomic mass is 32.2. The molecule has 2 aliphatic carbocycles. The molecule has 0 aromatic carbocycles. The second-order valence-electron chi connectivity index (χ2n) is 8.60. The fourth-order valence-corrected chi connectivity index (χ4v) is 6.75. The number of amides is 1. The van der Waals surface area contributed by atoms with Gasteiger partial charge in [-0.25, -0.2) is 0 Å². The van der Waals surface area contributed by atoms with E-state index < -0.39 is 0 Å². The Hall–Kier alpha value is -0.300. The average Bonchev–Trinajstić information content (AvgIpc) is 2.74. The van der Waals surface area contributed by atoms with E-state index in [-0.39, 0.29) is 12.0 Å². The van der Waals surface area contributed by atoms with Crippen LogP contribution in [0.1, 0.15) is 64.7 Å². The van der Waals surface area contributed by atoms with Crippen LogP contribution in [0.3, 0.4) is 0 Å². The Morgan fingerprint density at radius 3 is 2.71 bits per heavy atom. The molecule has 6 heteroatoms. The molecule has 1 aliphatic heterocycles. The number of carbonyl (C=O) groups is 1. The molecule has 1 heterocycles. The number of ether oxygens (including phenoxy) is 2. The number of thioether (sulfide) groups is 1. The third-order valence-electron chi connectivity index (χ3n) is 6.83. The van der Waals surface area contributed by atoms with Gasteiger partial charge in [0.2, 0.25) is 5.91 Å². The van der Waals surface area contributed by atoms with Crippen molar-refractivity contribution in [3.63, 3.8) is 0 Å². The van der Waals surface area contributed by atoms with Crippen LogP contribution in [0.25, 0.3) is 0 Å². The van der Waals surface area contributed by atoms with E-state index in [4.69, 9.17) is 9.47 Å². The summed E-state index contributed by atoms with van der Waals surface area (Å²) in [5.74, 6) is 1.88. The van der Waals surface area contributed by atoms with E-state index in [1.807, 2.05) is 6.92 Å². The van der Waals surface area contributed by atoms with Crippen LogP contribution in [0.15, 0.2) is 0 Å². The maximum atomic E-state index is 12.0. The molecule has 0 radical (unpaired) electrons. The van der Waals surface area contributed by atoms with Crippen LogP contribution in [-0.2, 0) is 14.3 Å². The third-order valence-corrected chi connectivity index (χ3v) is 8.22. The quantitative estimate of drug-likeness (QED) is 0.628. The molecule has 3 atom stereocenters. The minimum atomic E-state index is -0.294. The molecule has 0 bridgehead atoms. The minimum absolute atomic E-state index is 0.0148. The molecule has 2 saturated carbocycles. The zero-order valence-corrected chi connectivity index (χ0v) is 18.7. The highest BCUT2D eigenvalue weighted by molar-refractivity contribution is 8.00. The molecular weight excluding hydrogens is 372 g/mol. The van der Waals surface area contributed by atoms with Crippen molar-refractivity contribution < 1.29 is 14.3 Å². The summed E-state index contributed by atoms with van der Waals surface area (Å²) in [6.07, 6.45) is 11.1. The summed E-state index contributed by atoms with van der Waals surface area (Å²) in [5, 5.41) is 3.60. The van der Waals surface area contributed by atoms with Gasteiger partial charge in [0, 0.05) is 43.8 Å². The Balaban J connectivity index is 1.33. The Morgan fingerprint density at radius 2 is 1.96 bits per heavy atom. The first kappa shape index (κ1) is 22.4. The van der Waals surface area contributed by atoms with Gasteiger partial charge in [-0.1, -0.05) is 12.8 Å². The Morgan fingerprint density at radius 1 is 1.18 bits per heavy atom. The zero-order chi connectivity index (χ0) is 19.8. The lowest BCUT2D eigenvalue weighted by molar-refractivity contribution is -0.133. The fourth-order valence-electron chi connectivity index (χ4n) is 5.24. The summed E-state index contributed by atoms with van der Waals surface area (Å²) in [5.41, 5.74) is 0. The van der Waals surface area contributed by atoms with Crippen LogP contribution in [0.2, 0.25) is 0 Å². The van der Waals surface area contributed by atoms with E-state index in [1.165, 1.54) is 38.0 Å². The smallest absolute Gasteiger partial charge is 0.248 e. The Bertz CT molecular complexity index is 469. The molecule has 162 valence electrons. The standard InChI is InChI=1S/C22H40N2O3S/c1-3-26-20(22(25)23-2)16-17-8-10-18(11-9-17)27-14-12-24-13-15-28-21-7-5-4-6-19(21)24/h17-21H,3-16H2,1-2H3,(H,23,25). The predicted molar refractivity (Wildman–Crippen MR) is 116 cm³/mol. The summed E-state index contributed by atoms with van der Waals surface area (Å²) in [6, 6.07) is 0.798. The van der Waals surface area contributed by atoms with Gasteiger partial charge in [0.05, 0.1) is 12.7 Å². The van der Waals surface area contributed by atoms with Crippen molar-refractivity contribution in [3.8, 4) is 0 Å². The van der Waals surface area contributed by atoms with Gasteiger partial charge in [-0.2, -0.15) is 11.8 Å². The van der Waals surface area contributed by atoms with Crippen LogP contribution in [0.5, 0.6) is 0 Å². The number of nitrogens with one attached hydrogen (secondary N) is 1. The van der Waals surface area contributed by atoms with Gasteiger partial charge in [-0.3, -0.25) is 9.69 Å². The van der Waals surface area contributed by atoms with E-state index in [1.54, 1.807) is 7.05 Å². The topological polar surface area (TPSA) is 50.8 Å². The molecule has 28 heavy (non-hydrogen) atoms. The number of hydrogen-bond acceptors (Lipinski definition) is 5. The lowest BCUT2D eigenvalue weighted by Gasteiger charge is -2.43. The van der Waals surface area contributed by atoms with Gasteiger partial charge in [-0.05, 0) is 57.8 Å². The summed E-state index contributed by atoms with van der Waals surface area (Å²) < 4.78 is 11.9. The summed E-state index contributed by atoms with van der Waals surface area (Å²) >= 11 is 2.20. The van der Waals surface area contributed by atoms with Crippen LogP contribution >= 0.6 is 11.8 Å². The molecule has 0 aromatic heterocycles. The molecular formula is C22H40N2O3S. The van der Waals surface area contributed by atoms with Crippen molar-refractivity contribution in [2.45, 2.75) is 88.2 Å². The van der Waals surface area contributed by atoms with E-state index in [9.17, 15) is 4.79 Å². The molecule has 3 fully saturated rings. The molecule has 3 aliphatic rings. The Labute approximate surface area is 175 Å². The second-order valence-corrected chi connectivity index (χ2v) is 9.95. The Kier molecular flexibility index (Phi) is 9.41. The molecule has 0 aromatic rings. The molecule has 5 nitrogen and oxygen atoms in total. The van der Waals surface area contributed by atoms with Gasteiger partial charge >= 0.3 is 0 Å². The van der Waals surface area contributed by atoms with Crippen LogP contribution in [0.4, 0.5) is 0 Å². The zero-order valence-electron chi connectivity index (χ0n) is 17.9. The number of rotatable bonds is 9. The number of nitrogens with zero attached hydrogens (tertiary/aromatic N) is 1. The van der Waals surface area contributed by atoms with E-state index in [0.717, 1.165) is 56.5 Å². The van der Waals surface area contributed by atoms with Gasteiger partial charge in [0.1, 0.15) is 6.10 Å². The van der Waals surface area contributed by atoms with E-state index in [2.05, 4.69) is 22.0 Å². The molecule has 1 N–H and O–H groups in total. The van der Waals surface area contributed by atoms with Crippen molar-refractivity contribution >= 4 is 17.7 Å². The SMILES string of the molecule is CCOC(CC1CCC(OCCN2CCSC3CCCCC32)CC1)C(=O)NC. The van der Waals surface area contributed by atoms with Crippen molar-refractivity contribution in [1.29, 1.82) is 0 Å². The molecule has 1 amide bonds. The summed E-state index contributed by atoms with van der Waals surface area (Å²) in [4.78, 5) is 14.7. The average molecular weight is 413 g/mol. The van der Waals surface area contributed by atoms with Gasteiger partial charge < -0.3 is 14.8 Å². The third kappa shape index (κ3) is 6.35. The fraction of sp³-hybridized carbons (Fsp3) is 0.955. The van der Waals surface area contributed by atoms with E-state index in [0.29, 0.717) is 18.6 Å². The lowest BCUT2D eigenvalue weighted by Crippen LogP contribution is -2.50. The van der Waals surface area contributed by atoms with Crippen molar-refractivity contribution in [2.75, 3.05) is 39.1 Å². The van der Waals surface area contributed by atoms with Crippen molar-refractivity contribution in [2.24, 2.45) is 5.92 Å². The minimum Gasteiger partial charge on any atom is -0.377 e. The predicted octanol–water partition coefficient (Wildman–Crippen LogP) is 3.46. The summed E-state index contributed by atoms with van der Waals surface area (Å²) in [7, 11) is 1.69. The van der Waals surface area contributed by atoms with Gasteiger partial charge in [-0.15, -0.1) is 0 Å². The molecule has 3 rings (SSSR count). The highest BCUT2D eigenvalue weighted by Gasteiger charge is 2.33. The number of hydrogen-bond donors (Lipinski definition) is 1. The monoisotopic (exact) mass is 412 g/mol. The molecule has 1 saturated heterocycles. The maximum absolute atomic E-state index is 12.0. The lowest BCUT2D eigenvalue weighted by atomic mass is 9.83. The van der Waals surface area contributed by atoms with Gasteiger partial charge in [0.15, 0.2) is 0 Å². The van der Waals surface area contributed by atoms with Crippen molar-refractivity contribution in [3.05, 3.63) is 0 Å². The van der Waals surface area contributed by atoms with Crippen molar-refractivity contribution in [1.82, 2.24) is 10.2 Å². The molecule has 3 unspecified atom stereocenters. The number of carbonyl (C=O) groups excluding carboxylic acids is 1. The van der Waals surface area contributed by atoms with E-state index >= 15 is 0 Å². The maximum Gasteiger partial charge on any atom is 0.248 e. The number of fused-ring (bicyclic) bond motifs is 1. The van der Waals surface area contributed by atoms with Gasteiger partial charge in [0.25, 0.3) is 0 Å². The first-order valence-electron chi connectivity index (χ1n) is 11.5. The van der Waals surface area contributed by atoms with Crippen LogP contribution in [0, 0.1) is 5.92 Å². The second kappa shape index (κ2) is 11.8. The first-order valence-corrected chi connectivity index (χ1v) is 12.6. The van der Waals surface area contributed by atoms with Crippen LogP contribution in [-0.4, -0.2) is 73.4 Å². The largest absolute Gasteiger partial charge is 0.377 e. The van der Waals surface area contributed by atoms with Crippen LogP contribution < -0.4 is 5.32 Å². The first-order chi connectivity index (χ1) is 13.7. The normalized spacial score (nSPS) is 32.5. The summed E-state index contributed by atoms with van der Waals surface area (Å²) in [6.45, 7) is 5.76. The highest BCUT2D eigenvalue weighted by Crippen LogP contribution is 2.35. The number of likely N-dealkylation sites (N-methyl/N-ethyl adjacent to an activating group) is 1.